The summed E-state index contributed by atoms with van der Waals surface area (Å²) in [5.41, 5.74) is 7.52. The molecule has 1 saturated carbocycles. The zero-order chi connectivity index (χ0) is 14.5. The maximum atomic E-state index is 12.4. The lowest BCUT2D eigenvalue weighted by Crippen LogP contribution is -2.37. The van der Waals surface area contributed by atoms with E-state index in [9.17, 15) is 4.79 Å². The van der Waals surface area contributed by atoms with Crippen molar-refractivity contribution < 1.29 is 4.79 Å². The molecule has 0 heterocycles. The molecular formula is C16H25N3O. The molecule has 1 aliphatic rings. The Morgan fingerprint density at radius 3 is 2.90 bits per heavy atom. The summed E-state index contributed by atoms with van der Waals surface area (Å²) in [4.78, 5) is 14.6. The van der Waals surface area contributed by atoms with Gasteiger partial charge < -0.3 is 16.0 Å². The molecule has 4 nitrogen and oxygen atoms in total. The highest BCUT2D eigenvalue weighted by atomic mass is 16.1. The maximum Gasteiger partial charge on any atom is 0.227 e. The van der Waals surface area contributed by atoms with Gasteiger partial charge in [-0.3, -0.25) is 4.79 Å². The largest absolute Gasteiger partial charge is 0.326 e. The predicted octanol–water partition coefficient (Wildman–Crippen LogP) is 2.20. The minimum Gasteiger partial charge on any atom is -0.326 e. The van der Waals surface area contributed by atoms with E-state index < -0.39 is 0 Å². The Balaban J connectivity index is 1.97. The number of nitrogens with two attached hydrogens (primary N) is 1. The number of carbonyl (C=O) groups excluding carboxylic acids is 1. The number of rotatable bonds is 4. The number of nitrogens with one attached hydrogen (secondary N) is 1. The predicted molar refractivity (Wildman–Crippen MR) is 82.4 cm³/mol. The number of benzene rings is 1. The first-order chi connectivity index (χ1) is 9.60. The average Bonchev–Trinajstić information content (AvgIpc) is 2.47. The van der Waals surface area contributed by atoms with Crippen LogP contribution < -0.4 is 11.1 Å². The van der Waals surface area contributed by atoms with E-state index in [1.165, 1.54) is 6.42 Å². The van der Waals surface area contributed by atoms with Gasteiger partial charge in [-0.05, 0) is 51.1 Å². The van der Waals surface area contributed by atoms with Gasteiger partial charge in [0.15, 0.2) is 0 Å². The third-order valence-corrected chi connectivity index (χ3v) is 4.18. The van der Waals surface area contributed by atoms with Crippen LogP contribution in [0.1, 0.15) is 31.2 Å². The summed E-state index contributed by atoms with van der Waals surface area (Å²) in [6, 6.07) is 8.29. The summed E-state index contributed by atoms with van der Waals surface area (Å²) in [5, 5.41) is 3.03. The number of hydrogen-bond donors (Lipinski definition) is 2. The minimum absolute atomic E-state index is 0.123. The number of hydrogen-bond acceptors (Lipinski definition) is 3. The first-order valence-electron chi connectivity index (χ1n) is 7.36. The molecular weight excluding hydrogens is 250 g/mol. The number of nitrogens with zero attached hydrogens (tertiary/aromatic N) is 1. The van der Waals surface area contributed by atoms with Crippen molar-refractivity contribution in [2.45, 2.75) is 38.3 Å². The second kappa shape index (κ2) is 6.86. The summed E-state index contributed by atoms with van der Waals surface area (Å²) in [6.07, 6.45) is 4.27. The quantitative estimate of drug-likeness (QED) is 0.885. The van der Waals surface area contributed by atoms with E-state index in [2.05, 4.69) is 24.3 Å². The smallest absolute Gasteiger partial charge is 0.227 e. The lowest BCUT2D eigenvalue weighted by Gasteiger charge is -2.32. The Labute approximate surface area is 121 Å². The molecule has 2 rings (SSSR count). The standard InChI is InChI=1S/C16H25N3O/c1-19(2)15-8-4-6-13(10-15)16(20)18-14-7-3-5-12(9-14)11-17/h3,5,7,9,13,15H,4,6,8,10-11,17H2,1-2H3,(H,18,20)/t13-,15+/m0/s1. The highest BCUT2D eigenvalue weighted by Crippen LogP contribution is 2.27. The molecule has 3 N–H and O–H groups in total. The average molecular weight is 275 g/mol. The van der Waals surface area contributed by atoms with Crippen LogP contribution in [0.15, 0.2) is 24.3 Å². The van der Waals surface area contributed by atoms with Gasteiger partial charge in [-0.25, -0.2) is 0 Å². The van der Waals surface area contributed by atoms with Gasteiger partial charge in [0.25, 0.3) is 0 Å². The van der Waals surface area contributed by atoms with Gasteiger partial charge >= 0.3 is 0 Å². The molecule has 0 unspecified atom stereocenters. The molecule has 1 aromatic rings. The van der Waals surface area contributed by atoms with E-state index in [0.29, 0.717) is 12.6 Å². The highest BCUT2D eigenvalue weighted by Gasteiger charge is 2.28. The molecule has 2 atom stereocenters. The Kier molecular flexibility index (Phi) is 5.15. The second-order valence-electron chi connectivity index (χ2n) is 5.87. The zero-order valence-corrected chi connectivity index (χ0v) is 12.4. The lowest BCUT2D eigenvalue weighted by atomic mass is 9.84. The summed E-state index contributed by atoms with van der Waals surface area (Å²) >= 11 is 0. The Morgan fingerprint density at radius 2 is 2.20 bits per heavy atom. The molecule has 0 aromatic heterocycles. The third kappa shape index (κ3) is 3.81. The van der Waals surface area contributed by atoms with E-state index in [0.717, 1.165) is 30.5 Å². The van der Waals surface area contributed by atoms with Crippen molar-refractivity contribution in [3.63, 3.8) is 0 Å². The Bertz CT molecular complexity index is 459. The molecule has 1 aliphatic carbocycles. The van der Waals surface area contributed by atoms with Crippen molar-refractivity contribution in [3.8, 4) is 0 Å². The van der Waals surface area contributed by atoms with Gasteiger partial charge in [0.1, 0.15) is 0 Å². The van der Waals surface area contributed by atoms with E-state index >= 15 is 0 Å². The third-order valence-electron chi connectivity index (χ3n) is 4.18. The van der Waals surface area contributed by atoms with Crippen LogP contribution in [0.25, 0.3) is 0 Å². The molecule has 1 aromatic carbocycles. The molecule has 0 saturated heterocycles. The van der Waals surface area contributed by atoms with E-state index in [4.69, 9.17) is 5.73 Å². The van der Waals surface area contributed by atoms with Crippen LogP contribution in [0.4, 0.5) is 5.69 Å². The van der Waals surface area contributed by atoms with Crippen molar-refractivity contribution in [2.75, 3.05) is 19.4 Å². The summed E-state index contributed by atoms with van der Waals surface area (Å²) in [7, 11) is 4.19. The van der Waals surface area contributed by atoms with Gasteiger partial charge in [0.2, 0.25) is 5.91 Å². The summed E-state index contributed by atoms with van der Waals surface area (Å²) in [5.74, 6) is 0.267. The fourth-order valence-electron chi connectivity index (χ4n) is 2.89. The van der Waals surface area contributed by atoms with Crippen LogP contribution in [0.3, 0.4) is 0 Å². The molecule has 0 bridgehead atoms. The fraction of sp³-hybridized carbons (Fsp3) is 0.562. The first-order valence-corrected chi connectivity index (χ1v) is 7.36. The second-order valence-corrected chi connectivity index (χ2v) is 5.87. The highest BCUT2D eigenvalue weighted by molar-refractivity contribution is 5.92. The number of amides is 1. The molecule has 0 radical (unpaired) electrons. The van der Waals surface area contributed by atoms with Crippen LogP contribution in [0.2, 0.25) is 0 Å². The van der Waals surface area contributed by atoms with Gasteiger partial charge in [-0.2, -0.15) is 0 Å². The molecule has 1 fully saturated rings. The van der Waals surface area contributed by atoms with Crippen molar-refractivity contribution in [2.24, 2.45) is 11.7 Å². The molecule has 110 valence electrons. The summed E-state index contributed by atoms with van der Waals surface area (Å²) in [6.45, 7) is 0.496. The van der Waals surface area contributed by atoms with Gasteiger partial charge in [-0.15, -0.1) is 0 Å². The maximum absolute atomic E-state index is 12.4. The van der Waals surface area contributed by atoms with Crippen LogP contribution in [-0.4, -0.2) is 30.9 Å². The molecule has 1 amide bonds. The van der Waals surface area contributed by atoms with Crippen molar-refractivity contribution >= 4 is 11.6 Å². The zero-order valence-electron chi connectivity index (χ0n) is 12.4. The fourth-order valence-corrected chi connectivity index (χ4v) is 2.89. The van der Waals surface area contributed by atoms with Crippen LogP contribution in [-0.2, 0) is 11.3 Å². The Hall–Kier alpha value is -1.39. The van der Waals surface area contributed by atoms with Gasteiger partial charge in [0, 0.05) is 24.2 Å². The van der Waals surface area contributed by atoms with E-state index in [-0.39, 0.29) is 11.8 Å². The minimum atomic E-state index is 0.123. The lowest BCUT2D eigenvalue weighted by molar-refractivity contribution is -0.121. The first kappa shape index (κ1) is 15.0. The number of anilines is 1. The van der Waals surface area contributed by atoms with E-state index in [1.54, 1.807) is 0 Å². The molecule has 0 spiro atoms. The molecule has 0 aliphatic heterocycles. The topological polar surface area (TPSA) is 58.4 Å². The molecule has 4 heteroatoms. The normalized spacial score (nSPS) is 22.8. The SMILES string of the molecule is CN(C)[C@@H]1CCC[C@H](C(=O)Nc2cccc(CN)c2)C1. The monoisotopic (exact) mass is 275 g/mol. The molecule has 20 heavy (non-hydrogen) atoms. The van der Waals surface area contributed by atoms with Crippen molar-refractivity contribution in [3.05, 3.63) is 29.8 Å². The van der Waals surface area contributed by atoms with Crippen molar-refractivity contribution in [1.29, 1.82) is 0 Å². The van der Waals surface area contributed by atoms with Crippen LogP contribution >= 0.6 is 0 Å². The van der Waals surface area contributed by atoms with Crippen molar-refractivity contribution in [1.82, 2.24) is 4.90 Å². The van der Waals surface area contributed by atoms with E-state index in [1.807, 2.05) is 24.3 Å². The van der Waals surface area contributed by atoms with Crippen LogP contribution in [0, 0.1) is 5.92 Å². The van der Waals surface area contributed by atoms with Gasteiger partial charge in [0.05, 0.1) is 0 Å². The van der Waals surface area contributed by atoms with Gasteiger partial charge in [-0.1, -0.05) is 18.6 Å². The number of carbonyl (C=O) groups is 1. The Morgan fingerprint density at radius 1 is 1.40 bits per heavy atom. The summed E-state index contributed by atoms with van der Waals surface area (Å²) < 4.78 is 0. The van der Waals surface area contributed by atoms with Crippen LogP contribution in [0.5, 0.6) is 0 Å².